The Labute approximate surface area is 106 Å². The van der Waals surface area contributed by atoms with Crippen molar-refractivity contribution in [2.75, 3.05) is 6.54 Å². The normalized spacial score (nSPS) is 23.3. The van der Waals surface area contributed by atoms with Gasteiger partial charge in [0.15, 0.2) is 0 Å². The number of ether oxygens (including phenoxy) is 1. The highest BCUT2D eigenvalue weighted by Gasteiger charge is 2.39. The molecule has 0 radical (unpaired) electrons. The van der Waals surface area contributed by atoms with E-state index in [1.807, 2.05) is 13.8 Å². The second-order valence-electron chi connectivity index (χ2n) is 4.98. The molecule has 98 valence electrons. The Hall–Kier alpha value is -1.42. The number of carbonyl (C=O) groups is 1. The van der Waals surface area contributed by atoms with Gasteiger partial charge in [0.1, 0.15) is 17.8 Å². The first-order valence-corrected chi connectivity index (χ1v) is 6.37. The summed E-state index contributed by atoms with van der Waals surface area (Å²) < 4.78 is 18.2. The molecule has 0 aromatic heterocycles. The number of halogens is 1. The number of nitrogens with two attached hydrogens (primary N) is 1. The lowest BCUT2D eigenvalue weighted by molar-refractivity contribution is -0.678. The van der Waals surface area contributed by atoms with Crippen LogP contribution < -0.4 is 5.32 Å². The van der Waals surface area contributed by atoms with Gasteiger partial charge < -0.3 is 10.1 Å². The van der Waals surface area contributed by atoms with Crippen molar-refractivity contribution in [3.8, 4) is 0 Å². The molecule has 2 N–H and O–H groups in total. The van der Waals surface area contributed by atoms with Gasteiger partial charge in [-0.1, -0.05) is 12.1 Å². The number of benzene rings is 1. The maximum atomic E-state index is 12.9. The summed E-state index contributed by atoms with van der Waals surface area (Å²) in [6.45, 7) is 4.60. The van der Waals surface area contributed by atoms with Gasteiger partial charge in [0.05, 0.1) is 12.6 Å². The number of esters is 1. The molecule has 18 heavy (non-hydrogen) atoms. The summed E-state index contributed by atoms with van der Waals surface area (Å²) in [5.41, 5.74) is 0.986. The molecule has 4 heteroatoms. The summed E-state index contributed by atoms with van der Waals surface area (Å²) in [6.07, 6.45) is 0.722. The van der Waals surface area contributed by atoms with E-state index in [-0.39, 0.29) is 29.9 Å². The largest absolute Gasteiger partial charge is 0.463 e. The molecule has 2 atom stereocenters. The van der Waals surface area contributed by atoms with E-state index in [9.17, 15) is 9.18 Å². The summed E-state index contributed by atoms with van der Waals surface area (Å²) >= 11 is 0. The topological polar surface area (TPSA) is 42.9 Å². The third kappa shape index (κ3) is 2.88. The zero-order valence-electron chi connectivity index (χ0n) is 10.7. The van der Waals surface area contributed by atoms with E-state index >= 15 is 0 Å². The van der Waals surface area contributed by atoms with E-state index in [1.165, 1.54) is 12.1 Å². The van der Waals surface area contributed by atoms with E-state index in [0.29, 0.717) is 0 Å². The fraction of sp³-hybridized carbons (Fsp3) is 0.500. The summed E-state index contributed by atoms with van der Waals surface area (Å²) in [4.78, 5) is 12.0. The van der Waals surface area contributed by atoms with Crippen LogP contribution in [0.3, 0.4) is 0 Å². The smallest absolute Gasteiger partial charge is 0.315 e. The molecule has 0 bridgehead atoms. The Balaban J connectivity index is 2.12. The van der Waals surface area contributed by atoms with Crippen LogP contribution in [0.25, 0.3) is 0 Å². The Morgan fingerprint density at radius 2 is 2.06 bits per heavy atom. The maximum absolute atomic E-state index is 12.9. The molecule has 0 aliphatic carbocycles. The molecular formula is C14H19FNO2+. The average Bonchev–Trinajstić information content (AvgIpc) is 2.78. The fourth-order valence-electron chi connectivity index (χ4n) is 2.44. The molecule has 2 rings (SSSR count). The molecule has 0 unspecified atom stereocenters. The fourth-order valence-corrected chi connectivity index (χ4v) is 2.44. The maximum Gasteiger partial charge on any atom is 0.315 e. The Morgan fingerprint density at radius 1 is 1.39 bits per heavy atom. The van der Waals surface area contributed by atoms with Gasteiger partial charge in [0.25, 0.3) is 0 Å². The van der Waals surface area contributed by atoms with Gasteiger partial charge in [-0.05, 0) is 26.0 Å². The minimum atomic E-state index is -0.252. The molecule has 0 amide bonds. The summed E-state index contributed by atoms with van der Waals surface area (Å²) in [5.74, 6) is -0.524. The second kappa shape index (κ2) is 5.48. The monoisotopic (exact) mass is 252 g/mol. The highest BCUT2D eigenvalue weighted by Crippen LogP contribution is 2.26. The van der Waals surface area contributed by atoms with E-state index in [4.69, 9.17) is 4.74 Å². The number of quaternary nitrogens is 1. The van der Waals surface area contributed by atoms with Crippen molar-refractivity contribution in [3.63, 3.8) is 0 Å². The van der Waals surface area contributed by atoms with E-state index in [0.717, 1.165) is 18.5 Å². The molecule has 1 fully saturated rings. The summed E-state index contributed by atoms with van der Waals surface area (Å²) in [5, 5.41) is 2.12. The molecule has 1 aliphatic rings. The molecule has 1 aromatic carbocycles. The summed E-state index contributed by atoms with van der Waals surface area (Å²) in [7, 11) is 0. The van der Waals surface area contributed by atoms with Crippen LogP contribution in [0.15, 0.2) is 24.3 Å². The van der Waals surface area contributed by atoms with Crippen LogP contribution in [-0.2, 0) is 9.53 Å². The number of hydrogen-bond acceptors (Lipinski definition) is 2. The lowest BCUT2D eigenvalue weighted by Gasteiger charge is -2.17. The molecule has 1 saturated heterocycles. The van der Waals surface area contributed by atoms with Crippen molar-refractivity contribution in [2.24, 2.45) is 5.92 Å². The van der Waals surface area contributed by atoms with Crippen LogP contribution in [0, 0.1) is 11.7 Å². The molecule has 1 aromatic rings. The van der Waals surface area contributed by atoms with Crippen molar-refractivity contribution < 1.29 is 19.2 Å². The number of rotatable bonds is 3. The van der Waals surface area contributed by atoms with Gasteiger partial charge in [-0.25, -0.2) is 4.39 Å². The Kier molecular flexibility index (Phi) is 3.97. The molecular weight excluding hydrogens is 233 g/mol. The van der Waals surface area contributed by atoms with Crippen molar-refractivity contribution in [3.05, 3.63) is 35.6 Å². The van der Waals surface area contributed by atoms with Crippen LogP contribution >= 0.6 is 0 Å². The third-order valence-corrected chi connectivity index (χ3v) is 3.24. The lowest BCUT2D eigenvalue weighted by Crippen LogP contribution is -2.82. The minimum absolute atomic E-state index is 0.0526. The molecule has 1 aliphatic heterocycles. The van der Waals surface area contributed by atoms with Crippen molar-refractivity contribution in [1.82, 2.24) is 0 Å². The highest BCUT2D eigenvalue weighted by molar-refractivity contribution is 5.73. The zero-order valence-corrected chi connectivity index (χ0v) is 10.7. The van der Waals surface area contributed by atoms with Gasteiger partial charge in [0.2, 0.25) is 0 Å². The van der Waals surface area contributed by atoms with Gasteiger partial charge in [0, 0.05) is 12.0 Å². The zero-order chi connectivity index (χ0) is 13.1. The first-order valence-electron chi connectivity index (χ1n) is 6.37. The SMILES string of the molecule is CC(C)OC(=O)[C@H]1CC[NH2+][C@H]1c1ccc(F)cc1. The second-order valence-corrected chi connectivity index (χ2v) is 4.98. The summed E-state index contributed by atoms with van der Waals surface area (Å²) in [6, 6.07) is 6.42. The van der Waals surface area contributed by atoms with Gasteiger partial charge in [-0.15, -0.1) is 0 Å². The van der Waals surface area contributed by atoms with Gasteiger partial charge in [-0.3, -0.25) is 4.79 Å². The van der Waals surface area contributed by atoms with Crippen LogP contribution in [0.2, 0.25) is 0 Å². The quantitative estimate of drug-likeness (QED) is 0.826. The number of carbonyl (C=O) groups excluding carboxylic acids is 1. The first kappa shape index (κ1) is 13.0. The van der Waals surface area contributed by atoms with Crippen molar-refractivity contribution in [2.45, 2.75) is 32.4 Å². The molecule has 0 spiro atoms. The van der Waals surface area contributed by atoms with Crippen molar-refractivity contribution >= 4 is 5.97 Å². The van der Waals surface area contributed by atoms with Crippen LogP contribution in [-0.4, -0.2) is 18.6 Å². The lowest BCUT2D eigenvalue weighted by atomic mass is 9.94. The van der Waals surface area contributed by atoms with E-state index in [2.05, 4.69) is 5.32 Å². The third-order valence-electron chi connectivity index (χ3n) is 3.24. The Bertz CT molecular complexity index is 416. The van der Waals surface area contributed by atoms with Crippen LogP contribution in [0.5, 0.6) is 0 Å². The average molecular weight is 252 g/mol. The minimum Gasteiger partial charge on any atom is -0.463 e. The van der Waals surface area contributed by atoms with E-state index < -0.39 is 0 Å². The molecule has 0 saturated carbocycles. The van der Waals surface area contributed by atoms with Crippen molar-refractivity contribution in [1.29, 1.82) is 0 Å². The van der Waals surface area contributed by atoms with Crippen LogP contribution in [0.1, 0.15) is 31.9 Å². The molecule has 3 nitrogen and oxygen atoms in total. The predicted molar refractivity (Wildman–Crippen MR) is 65.3 cm³/mol. The van der Waals surface area contributed by atoms with Gasteiger partial charge >= 0.3 is 5.97 Å². The number of hydrogen-bond donors (Lipinski definition) is 1. The van der Waals surface area contributed by atoms with Gasteiger partial charge in [-0.2, -0.15) is 0 Å². The van der Waals surface area contributed by atoms with Crippen LogP contribution in [0.4, 0.5) is 4.39 Å². The molecule has 1 heterocycles. The first-order chi connectivity index (χ1) is 8.58. The highest BCUT2D eigenvalue weighted by atomic mass is 19.1. The predicted octanol–water partition coefficient (Wildman–Crippen LogP) is 1.40. The standard InChI is InChI=1S/C14H18FNO2/c1-9(2)18-14(17)12-7-8-16-13(12)10-3-5-11(15)6-4-10/h3-6,9,12-13,16H,7-8H2,1-2H3/p+1/t12-,13-/m0/s1. The van der Waals surface area contributed by atoms with E-state index in [1.54, 1.807) is 12.1 Å². The Morgan fingerprint density at radius 3 is 2.67 bits per heavy atom.